The molecular weight excluding hydrogens is 1250 g/mol. The molecule has 90 heavy (non-hydrogen) atoms. The van der Waals surface area contributed by atoms with Gasteiger partial charge in [-0.15, -0.1) is 0 Å². The second-order valence-electron chi connectivity index (χ2n) is 24.6. The van der Waals surface area contributed by atoms with Crippen LogP contribution in [-0.2, 0) is 104 Å². The summed E-state index contributed by atoms with van der Waals surface area (Å²) < 4.78 is 141. The van der Waals surface area contributed by atoms with E-state index in [4.69, 9.17) is 132 Å². The van der Waals surface area contributed by atoms with Gasteiger partial charge in [0.1, 0.15) is 108 Å². The molecule has 7 N–H and O–H groups in total. The van der Waals surface area contributed by atoms with Gasteiger partial charge in [0.25, 0.3) is 5.97 Å². The van der Waals surface area contributed by atoms with Crippen LogP contribution in [0.1, 0.15) is 76.7 Å². The predicted molar refractivity (Wildman–Crippen MR) is 295 cm³/mol. The van der Waals surface area contributed by atoms with Crippen molar-refractivity contribution in [2.24, 2.45) is 0 Å². The van der Waals surface area contributed by atoms with E-state index in [2.05, 4.69) is 0 Å². The van der Waals surface area contributed by atoms with Gasteiger partial charge in [-0.05, 0) is 54.0 Å². The zero-order chi connectivity index (χ0) is 64.8. The summed E-state index contributed by atoms with van der Waals surface area (Å²) in [4.78, 5) is 13.5. The summed E-state index contributed by atoms with van der Waals surface area (Å²) in [5.41, 5.74) is -2.79. The fourth-order valence-corrected chi connectivity index (χ4v) is 14.6. The van der Waals surface area contributed by atoms with Gasteiger partial charge in [-0.25, -0.2) is 4.79 Å². The Kier molecular flexibility index (Phi) is 20.8. The molecule has 10 aliphatic rings. The van der Waals surface area contributed by atoms with Crippen LogP contribution in [0.4, 0.5) is 0 Å². The summed E-state index contributed by atoms with van der Waals surface area (Å²) >= 11 is 12.5. The smallest absolute Gasteiger partial charge is 0.342 e. The Hall–Kier alpha value is -2.21. The van der Waals surface area contributed by atoms with Crippen LogP contribution in [0.5, 0.6) is 11.5 Å². The summed E-state index contributed by atoms with van der Waals surface area (Å²) in [7, 11) is 6.84. The predicted octanol–water partition coefficient (Wildman–Crippen LogP) is -0.0975. The Morgan fingerprint density at radius 1 is 0.678 bits per heavy atom. The lowest BCUT2D eigenvalue weighted by Gasteiger charge is -2.49. The number of aliphatic hydroxyl groups excluding tert-OH is 5. The molecule has 0 amide bonds. The molecule has 0 aromatic heterocycles. The van der Waals surface area contributed by atoms with Gasteiger partial charge < -0.3 is 145 Å². The number of benzene rings is 1. The number of rotatable bonds is 17. The summed E-state index contributed by atoms with van der Waals surface area (Å²) in [5, 5.41) is 79.4. The van der Waals surface area contributed by atoms with Crippen LogP contribution >= 0.6 is 23.2 Å². The van der Waals surface area contributed by atoms with Gasteiger partial charge in [-0.2, -0.15) is 0 Å². The van der Waals surface area contributed by atoms with E-state index < -0.39 is 207 Å². The number of ether oxygens (including phenoxy) is 23. The van der Waals surface area contributed by atoms with Crippen molar-refractivity contribution in [2.75, 3.05) is 62.2 Å². The van der Waals surface area contributed by atoms with Crippen molar-refractivity contribution in [3.63, 3.8) is 0 Å². The van der Waals surface area contributed by atoms with Crippen molar-refractivity contribution in [2.45, 2.75) is 257 Å². The first-order valence-electron chi connectivity index (χ1n) is 30.0. The molecule has 33 heteroatoms. The van der Waals surface area contributed by atoms with E-state index >= 15 is 0 Å². The normalized spacial score (nSPS) is 48.9. The van der Waals surface area contributed by atoms with Crippen molar-refractivity contribution in [3.05, 3.63) is 21.2 Å². The van der Waals surface area contributed by atoms with Gasteiger partial charge >= 0.3 is 11.9 Å². The van der Waals surface area contributed by atoms with Gasteiger partial charge in [0, 0.05) is 41.3 Å². The van der Waals surface area contributed by atoms with E-state index in [1.807, 2.05) is 0 Å². The van der Waals surface area contributed by atoms with Crippen LogP contribution in [0, 0.1) is 6.92 Å². The van der Waals surface area contributed by atoms with Gasteiger partial charge in [-0.3, -0.25) is 0 Å². The first-order valence-corrected chi connectivity index (χ1v) is 30.7. The summed E-state index contributed by atoms with van der Waals surface area (Å²) in [6.45, 7) is 10.3. The van der Waals surface area contributed by atoms with E-state index in [0.717, 1.165) is 0 Å². The molecule has 0 radical (unpaired) electrons. The van der Waals surface area contributed by atoms with Crippen LogP contribution in [0.2, 0.25) is 10.0 Å². The third kappa shape index (κ3) is 12.3. The monoisotopic (exact) mass is 1330 g/mol. The molecule has 10 heterocycles. The Morgan fingerprint density at radius 2 is 1.37 bits per heavy atom. The Balaban J connectivity index is 0.697. The summed E-state index contributed by atoms with van der Waals surface area (Å²) in [5.74, 6) is -5.20. The number of fused-ring (bicyclic) bond motifs is 4. The van der Waals surface area contributed by atoms with E-state index in [9.17, 15) is 40.5 Å². The molecule has 10 saturated heterocycles. The molecule has 512 valence electrons. The number of carbonyl (C=O) groups is 1. The lowest BCUT2D eigenvalue weighted by Crippen LogP contribution is -2.69. The second-order valence-corrected chi connectivity index (χ2v) is 25.4. The molecule has 1 aromatic rings. The maximum atomic E-state index is 13.5. The number of esters is 1. The molecular formula is C57H84Cl2O31. The largest absolute Gasteiger partial charge is 0.505 e. The van der Waals surface area contributed by atoms with Crippen molar-refractivity contribution in [1.82, 2.24) is 0 Å². The third-order valence-corrected chi connectivity index (χ3v) is 19.7. The summed E-state index contributed by atoms with van der Waals surface area (Å²) in [6.07, 6.45) is -30.4. The van der Waals surface area contributed by atoms with Crippen molar-refractivity contribution >= 4 is 29.2 Å². The standard InChI is InChI=1S/C57H84Cl2O31/c1-20-32(43(70-10)34(59)35(63)33(20)58)50(66)83-38-21(2)77-30(13-26(38)61)81-39-23(4)86-56(14-27(39)62)89-47-24(5)78-31(15-54(47,7)90-56)82-44-37(65)51(79-22(3)40(44)69-9)84-41-28(16-60)80-53(45(71-11)36(41)64)85-52-46(72-12)42-29(17-73-52)87-57(88-42)49-48(74-19-75-49)55(67,18-76-57)25(6)68-8/h21-31,36-42,44-49,51-53,60-65,67H,13-19H2,1-12H3/t21-,22-,23-,24-,25+,26-,27-,28-,29+,30+,31+,36+,37-,38-,39-,40+,41-,42-,44-,45+,46-,47-,48-,49-,51+,52+,53+,54-,55-,56?,57-/m1/s1. The second kappa shape index (κ2) is 27.0. The van der Waals surface area contributed by atoms with E-state index in [1.165, 1.54) is 42.5 Å². The molecule has 1 aromatic carbocycles. The highest BCUT2D eigenvalue weighted by molar-refractivity contribution is 6.39. The van der Waals surface area contributed by atoms with Gasteiger partial charge in [0.15, 0.2) is 55.2 Å². The molecule has 31 atom stereocenters. The van der Waals surface area contributed by atoms with Crippen LogP contribution in [0.15, 0.2) is 0 Å². The molecule has 0 bridgehead atoms. The number of hydrogen-bond donors (Lipinski definition) is 7. The third-order valence-electron chi connectivity index (χ3n) is 18.9. The maximum absolute atomic E-state index is 13.5. The number of carbonyl (C=O) groups excluding carboxylic acids is 1. The van der Waals surface area contributed by atoms with E-state index in [1.54, 1.807) is 41.5 Å². The Bertz CT molecular complexity index is 2650. The number of hydrogen-bond acceptors (Lipinski definition) is 31. The Labute approximate surface area is 528 Å². The molecule has 1 unspecified atom stereocenters. The molecule has 10 fully saturated rings. The first-order chi connectivity index (χ1) is 42.7. The summed E-state index contributed by atoms with van der Waals surface area (Å²) in [6, 6.07) is 0. The number of halogens is 2. The maximum Gasteiger partial charge on any atom is 0.342 e. The number of aromatic hydroxyl groups is 1. The number of phenolic OH excluding ortho intramolecular Hbond substituents is 1. The molecule has 0 saturated carbocycles. The lowest BCUT2D eigenvalue weighted by atomic mass is 9.85. The average molecular weight is 1340 g/mol. The fourth-order valence-electron chi connectivity index (χ4n) is 14.1. The van der Waals surface area contributed by atoms with Crippen LogP contribution in [-0.4, -0.2) is 293 Å². The Morgan fingerprint density at radius 3 is 2.03 bits per heavy atom. The highest BCUT2D eigenvalue weighted by Crippen LogP contribution is 2.53. The zero-order valence-electron chi connectivity index (χ0n) is 51.7. The van der Waals surface area contributed by atoms with Crippen LogP contribution in [0.25, 0.3) is 0 Å². The molecule has 10 aliphatic heterocycles. The molecule has 31 nitrogen and oxygen atoms in total. The minimum absolute atomic E-state index is 0.0139. The highest BCUT2D eigenvalue weighted by Gasteiger charge is 2.71. The van der Waals surface area contributed by atoms with Gasteiger partial charge in [0.05, 0.1) is 81.1 Å². The van der Waals surface area contributed by atoms with Gasteiger partial charge in [-0.1, -0.05) is 23.2 Å². The number of aliphatic hydroxyl groups is 6. The molecule has 0 aliphatic carbocycles. The SMILES string of the molecule is COc1c(Cl)c(O)c(Cl)c(C)c1C(=O)O[C@H]1[C@H](O)C[C@H](O[C@H]2[C@H](O)CC3(O[C@@H]4[C@@H](C)O[C@@H](O[C@@H]5[C@@H](O)[C@H](O[C@H]6[C@H](O)[C@H](OC)[C@H](O[C@@H]7OC[C@@H]8O[C@@]9(OC[C@@](O)([C@H](C)OC)[C@@H]%10OCO[C@H]%109)O[C@H]8[C@H]7OC)O[C@@H]6CO)O[C@H](C)[C@@H]5OC)C[C@@]4(C)O3)O[C@@H]2C)O[C@@H]1C. The zero-order valence-corrected chi connectivity index (χ0v) is 53.2. The highest BCUT2D eigenvalue weighted by atomic mass is 35.5. The number of methoxy groups -OCH3 is 5. The van der Waals surface area contributed by atoms with Crippen LogP contribution < -0.4 is 4.74 Å². The van der Waals surface area contributed by atoms with Crippen molar-refractivity contribution in [3.8, 4) is 11.5 Å². The van der Waals surface area contributed by atoms with E-state index in [-0.39, 0.29) is 66.2 Å². The molecule has 2 spiro atoms. The van der Waals surface area contributed by atoms with Crippen molar-refractivity contribution in [1.29, 1.82) is 0 Å². The minimum Gasteiger partial charge on any atom is -0.505 e. The van der Waals surface area contributed by atoms with Gasteiger partial charge in [0.2, 0.25) is 0 Å². The minimum atomic E-state index is -1.83. The molecule has 11 rings (SSSR count). The van der Waals surface area contributed by atoms with Crippen LogP contribution in [0.3, 0.4) is 0 Å². The number of phenols is 1. The lowest BCUT2D eigenvalue weighted by molar-refractivity contribution is -0.422. The fraction of sp³-hybridized carbons (Fsp3) is 0.877. The quantitative estimate of drug-likeness (QED) is 0.100. The topological polar surface area (TPSA) is 371 Å². The average Bonchev–Trinajstić information content (AvgIpc) is 1.63. The van der Waals surface area contributed by atoms with E-state index in [0.29, 0.717) is 0 Å². The van der Waals surface area contributed by atoms with Crippen molar-refractivity contribution < 1.29 is 149 Å². The first kappa shape index (κ1) is 69.2.